The van der Waals surface area contributed by atoms with Crippen LogP contribution >= 0.6 is 11.3 Å². The fourth-order valence-corrected chi connectivity index (χ4v) is 2.93. The highest BCUT2D eigenvalue weighted by molar-refractivity contribution is 7.16. The zero-order chi connectivity index (χ0) is 15.5. The van der Waals surface area contributed by atoms with Crippen molar-refractivity contribution in [2.45, 2.75) is 19.8 Å². The van der Waals surface area contributed by atoms with Gasteiger partial charge in [0.15, 0.2) is 0 Å². The first-order chi connectivity index (χ1) is 10.6. The van der Waals surface area contributed by atoms with Crippen molar-refractivity contribution < 1.29 is 9.90 Å². The van der Waals surface area contributed by atoms with Crippen LogP contribution in [0.3, 0.4) is 0 Å². The number of benzene rings is 1. The second kappa shape index (κ2) is 6.07. The first-order valence-corrected chi connectivity index (χ1v) is 7.61. The van der Waals surface area contributed by atoms with Crippen LogP contribution in [0, 0.1) is 6.92 Å². The second-order valence-corrected chi connectivity index (χ2v) is 5.83. The van der Waals surface area contributed by atoms with Crippen molar-refractivity contribution in [3.63, 3.8) is 0 Å². The Hall–Kier alpha value is -2.54. The second-order valence-electron chi connectivity index (χ2n) is 4.86. The summed E-state index contributed by atoms with van der Waals surface area (Å²) in [5.41, 5.74) is 2.60. The van der Waals surface area contributed by atoms with E-state index in [9.17, 15) is 4.79 Å². The molecule has 0 atom stereocenters. The largest absolute Gasteiger partial charge is 0.477 e. The van der Waals surface area contributed by atoms with E-state index in [4.69, 9.17) is 5.11 Å². The lowest BCUT2D eigenvalue weighted by Gasteiger charge is -1.97. The molecule has 3 rings (SSSR count). The van der Waals surface area contributed by atoms with Gasteiger partial charge in [0.25, 0.3) is 0 Å². The molecule has 2 aromatic heterocycles. The lowest BCUT2D eigenvalue weighted by Crippen LogP contribution is -1.94. The molecule has 2 heterocycles. The quantitative estimate of drug-likeness (QED) is 0.782. The standard InChI is InChI=1S/C15H14N4O2S/c1-10-13(14(20)21)22-15(16-10)19-9-12(17-18-19)8-7-11-5-3-2-4-6-11/h2-6,9H,7-8H2,1H3,(H,20,21). The van der Waals surface area contributed by atoms with Crippen LogP contribution in [0.1, 0.15) is 26.6 Å². The Morgan fingerprint density at radius 1 is 1.27 bits per heavy atom. The number of nitrogens with zero attached hydrogens (tertiary/aromatic N) is 4. The van der Waals surface area contributed by atoms with Crippen molar-refractivity contribution in [3.05, 3.63) is 58.4 Å². The molecule has 0 saturated heterocycles. The maximum atomic E-state index is 11.1. The lowest BCUT2D eigenvalue weighted by atomic mass is 10.1. The molecule has 6 nitrogen and oxygen atoms in total. The number of aromatic nitrogens is 4. The van der Waals surface area contributed by atoms with Crippen LogP contribution in [0.4, 0.5) is 0 Å². The molecule has 112 valence electrons. The highest BCUT2D eigenvalue weighted by Crippen LogP contribution is 2.21. The summed E-state index contributed by atoms with van der Waals surface area (Å²) >= 11 is 1.10. The van der Waals surface area contributed by atoms with Crippen molar-refractivity contribution in [1.29, 1.82) is 0 Å². The van der Waals surface area contributed by atoms with Crippen molar-refractivity contribution in [2.24, 2.45) is 0 Å². The SMILES string of the molecule is Cc1nc(-n2cc(CCc3ccccc3)nn2)sc1C(=O)O. The van der Waals surface area contributed by atoms with Crippen LogP contribution < -0.4 is 0 Å². The van der Waals surface area contributed by atoms with E-state index in [1.54, 1.807) is 13.1 Å². The Bertz CT molecular complexity index is 795. The molecule has 3 aromatic rings. The number of carboxylic acid groups (broad SMARTS) is 1. The molecule has 22 heavy (non-hydrogen) atoms. The zero-order valence-corrected chi connectivity index (χ0v) is 12.7. The third kappa shape index (κ3) is 3.04. The Morgan fingerprint density at radius 2 is 2.05 bits per heavy atom. The highest BCUT2D eigenvalue weighted by atomic mass is 32.1. The van der Waals surface area contributed by atoms with E-state index in [-0.39, 0.29) is 4.88 Å². The molecule has 1 N–H and O–H groups in total. The van der Waals surface area contributed by atoms with Crippen LogP contribution in [-0.4, -0.2) is 31.1 Å². The van der Waals surface area contributed by atoms with Crippen LogP contribution in [0.15, 0.2) is 36.5 Å². The van der Waals surface area contributed by atoms with Gasteiger partial charge in [-0.25, -0.2) is 9.78 Å². The fraction of sp³-hybridized carbons (Fsp3) is 0.200. The van der Waals surface area contributed by atoms with Gasteiger partial charge in [0.05, 0.1) is 17.6 Å². The average Bonchev–Trinajstić information content (AvgIpc) is 3.12. The van der Waals surface area contributed by atoms with E-state index in [1.807, 2.05) is 18.2 Å². The number of carbonyl (C=O) groups is 1. The number of rotatable bonds is 5. The predicted octanol–water partition coefficient (Wildman–Crippen LogP) is 2.52. The molecule has 0 spiro atoms. The molecule has 1 aromatic carbocycles. The van der Waals surface area contributed by atoms with E-state index in [2.05, 4.69) is 27.4 Å². The fourth-order valence-electron chi connectivity index (χ4n) is 2.10. The first kappa shape index (κ1) is 14.4. The topological polar surface area (TPSA) is 80.9 Å². The Labute approximate surface area is 131 Å². The minimum absolute atomic E-state index is 0.233. The van der Waals surface area contributed by atoms with Gasteiger partial charge in [0.1, 0.15) is 4.88 Å². The summed E-state index contributed by atoms with van der Waals surface area (Å²) in [5.74, 6) is -0.967. The van der Waals surface area contributed by atoms with Crippen LogP contribution in [0.25, 0.3) is 5.13 Å². The van der Waals surface area contributed by atoms with Gasteiger partial charge < -0.3 is 5.11 Å². The van der Waals surface area contributed by atoms with Gasteiger partial charge in [-0.05, 0) is 25.3 Å². The summed E-state index contributed by atoms with van der Waals surface area (Å²) in [6.45, 7) is 1.68. The monoisotopic (exact) mass is 314 g/mol. The van der Waals surface area contributed by atoms with Crippen molar-refractivity contribution >= 4 is 17.3 Å². The van der Waals surface area contributed by atoms with Gasteiger partial charge >= 0.3 is 5.97 Å². The van der Waals surface area contributed by atoms with Crippen molar-refractivity contribution in [3.8, 4) is 5.13 Å². The first-order valence-electron chi connectivity index (χ1n) is 6.80. The van der Waals surface area contributed by atoms with Crippen LogP contribution in [0.5, 0.6) is 0 Å². The molecular formula is C15H14N4O2S. The molecule has 0 unspecified atom stereocenters. The minimum Gasteiger partial charge on any atom is -0.477 e. The number of aromatic carboxylic acids is 1. The zero-order valence-electron chi connectivity index (χ0n) is 11.9. The summed E-state index contributed by atoms with van der Waals surface area (Å²) in [6, 6.07) is 10.2. The minimum atomic E-state index is -0.967. The Morgan fingerprint density at radius 3 is 2.73 bits per heavy atom. The number of thiazole rings is 1. The van der Waals surface area contributed by atoms with Gasteiger partial charge in [-0.2, -0.15) is 4.68 Å². The summed E-state index contributed by atoms with van der Waals surface area (Å²) < 4.78 is 1.53. The van der Waals surface area contributed by atoms with E-state index < -0.39 is 5.97 Å². The number of hydrogen-bond donors (Lipinski definition) is 1. The summed E-state index contributed by atoms with van der Waals surface area (Å²) in [5, 5.41) is 17.7. The van der Waals surface area contributed by atoms with Gasteiger partial charge in [-0.15, -0.1) is 5.10 Å². The van der Waals surface area contributed by atoms with Crippen LogP contribution in [-0.2, 0) is 12.8 Å². The highest BCUT2D eigenvalue weighted by Gasteiger charge is 2.16. The molecule has 0 radical (unpaired) electrons. The lowest BCUT2D eigenvalue weighted by molar-refractivity contribution is 0.0701. The molecular weight excluding hydrogens is 300 g/mol. The molecule has 0 amide bonds. The Kier molecular flexibility index (Phi) is 3.97. The molecule has 0 fully saturated rings. The van der Waals surface area contributed by atoms with Gasteiger partial charge in [-0.3, -0.25) is 0 Å². The van der Waals surface area contributed by atoms with Gasteiger partial charge in [0.2, 0.25) is 5.13 Å². The molecule has 0 aliphatic heterocycles. The Balaban J connectivity index is 1.73. The summed E-state index contributed by atoms with van der Waals surface area (Å²) in [4.78, 5) is 15.5. The smallest absolute Gasteiger partial charge is 0.347 e. The summed E-state index contributed by atoms with van der Waals surface area (Å²) in [6.07, 6.45) is 3.46. The van der Waals surface area contributed by atoms with E-state index >= 15 is 0 Å². The molecule has 0 aliphatic rings. The van der Waals surface area contributed by atoms with Crippen molar-refractivity contribution in [2.75, 3.05) is 0 Å². The number of carboxylic acids is 1. The molecule has 0 bridgehead atoms. The average molecular weight is 314 g/mol. The normalized spacial score (nSPS) is 10.8. The molecule has 0 aliphatic carbocycles. The van der Waals surface area contributed by atoms with E-state index in [0.29, 0.717) is 10.8 Å². The molecule has 0 saturated carbocycles. The number of aryl methyl sites for hydroxylation is 3. The van der Waals surface area contributed by atoms with Gasteiger partial charge in [0, 0.05) is 0 Å². The van der Waals surface area contributed by atoms with E-state index in [0.717, 1.165) is 29.9 Å². The van der Waals surface area contributed by atoms with E-state index in [1.165, 1.54) is 10.2 Å². The molecule has 7 heteroatoms. The summed E-state index contributed by atoms with van der Waals surface area (Å²) in [7, 11) is 0. The third-order valence-electron chi connectivity index (χ3n) is 3.23. The number of hydrogen-bond acceptors (Lipinski definition) is 5. The third-order valence-corrected chi connectivity index (χ3v) is 4.36. The van der Waals surface area contributed by atoms with Gasteiger partial charge in [-0.1, -0.05) is 46.9 Å². The maximum Gasteiger partial charge on any atom is 0.347 e. The predicted molar refractivity (Wildman–Crippen MR) is 82.6 cm³/mol. The van der Waals surface area contributed by atoms with Crippen LogP contribution in [0.2, 0.25) is 0 Å². The van der Waals surface area contributed by atoms with Crippen molar-refractivity contribution in [1.82, 2.24) is 20.0 Å². The maximum absolute atomic E-state index is 11.1.